The number of amidine groups is 1. The van der Waals surface area contributed by atoms with E-state index in [0.717, 1.165) is 121 Å². The predicted molar refractivity (Wildman–Crippen MR) is 282 cm³/mol. The van der Waals surface area contributed by atoms with E-state index in [1.807, 2.05) is 38.4 Å². The Kier molecular flexibility index (Phi) is 46.8. The van der Waals surface area contributed by atoms with Crippen molar-refractivity contribution >= 4 is 23.5 Å². The molecule has 378 valence electrons. The quantitative estimate of drug-likeness (QED) is 0.0216. The van der Waals surface area contributed by atoms with E-state index >= 15 is 0 Å². The number of ketones is 1. The van der Waals surface area contributed by atoms with Crippen molar-refractivity contribution in [2.45, 2.75) is 199 Å². The monoisotopic (exact) mass is 914 g/mol. The van der Waals surface area contributed by atoms with Crippen molar-refractivity contribution in [3.63, 3.8) is 0 Å². The Morgan fingerprint density at radius 2 is 1.08 bits per heavy atom. The van der Waals surface area contributed by atoms with Gasteiger partial charge in [0, 0.05) is 38.6 Å². The van der Waals surface area contributed by atoms with E-state index in [4.69, 9.17) is 4.74 Å². The third kappa shape index (κ3) is 48.7. The number of carbonyl (C=O) groups is 3. The number of ether oxygens (including phenoxy) is 1. The number of nitrogens with zero attached hydrogens (tertiary/aromatic N) is 4. The number of amides is 1. The summed E-state index contributed by atoms with van der Waals surface area (Å²) >= 11 is 0. The molecule has 1 N–H and O–H groups in total. The van der Waals surface area contributed by atoms with Crippen molar-refractivity contribution in [1.82, 2.24) is 15.1 Å². The van der Waals surface area contributed by atoms with Crippen LogP contribution in [0, 0.1) is 0 Å². The summed E-state index contributed by atoms with van der Waals surface area (Å²) in [7, 11) is 12.6. The van der Waals surface area contributed by atoms with Crippen LogP contribution >= 0.6 is 0 Å². The first kappa shape index (κ1) is 64.0. The summed E-state index contributed by atoms with van der Waals surface area (Å²) in [6.45, 7) is 21.5. The second-order valence-corrected chi connectivity index (χ2v) is 19.6. The van der Waals surface area contributed by atoms with Gasteiger partial charge >= 0.3 is 5.97 Å². The lowest BCUT2D eigenvalue weighted by atomic mass is 10.1. The van der Waals surface area contributed by atoms with Gasteiger partial charge in [-0.2, -0.15) is 0 Å². The van der Waals surface area contributed by atoms with E-state index < -0.39 is 0 Å². The molecule has 0 aliphatic carbocycles. The first-order chi connectivity index (χ1) is 31.3. The van der Waals surface area contributed by atoms with E-state index in [9.17, 15) is 14.4 Å². The minimum absolute atomic E-state index is 0.0467. The van der Waals surface area contributed by atoms with Gasteiger partial charge in [0.15, 0.2) is 0 Å². The number of nitrogens with one attached hydrogen (secondary N) is 1. The summed E-state index contributed by atoms with van der Waals surface area (Å²) in [6.07, 6.45) is 42.8. The summed E-state index contributed by atoms with van der Waals surface area (Å²) in [4.78, 5) is 39.7. The van der Waals surface area contributed by atoms with Gasteiger partial charge in [0.2, 0.25) is 11.7 Å². The summed E-state index contributed by atoms with van der Waals surface area (Å²) in [6, 6.07) is 0. The molecule has 1 amide bonds. The van der Waals surface area contributed by atoms with Gasteiger partial charge in [-0.3, -0.25) is 23.9 Å². The molecule has 9 nitrogen and oxygen atoms in total. The van der Waals surface area contributed by atoms with Crippen molar-refractivity contribution in [3.05, 3.63) is 50.6 Å². The molecule has 65 heavy (non-hydrogen) atoms. The highest BCUT2D eigenvalue weighted by atomic mass is 16.5. The molecule has 0 aromatic rings. The zero-order valence-electron chi connectivity index (χ0n) is 43.9. The standard InChI is InChI=1S/C26H47N2O.C15H30N2O.C15H30NO2/c1-4-6-8-10-12-14-16-19-25(29)20-18-22-28-24-23-27(3)26(28)21-17-15-13-11-9-7-5-2;1-4-5-6-7-8-9-10-12-15(18)16-13-11-14-17(2)3;1-5-6-7-8-9-10-11-12-15(17)18-14-13-16(2,3)4/h4-5H,1-2,6-24H2,3H3;4H,1,5-14H2,2-3H3,(H,16,18);5H,1,6-14H2,2-4H3/q+1;;+1. The van der Waals surface area contributed by atoms with E-state index in [1.54, 1.807) is 0 Å². The van der Waals surface area contributed by atoms with Crippen LogP contribution in [0.4, 0.5) is 0 Å². The molecule has 0 radical (unpaired) electrons. The summed E-state index contributed by atoms with van der Waals surface area (Å²) in [5.41, 5.74) is 0. The van der Waals surface area contributed by atoms with E-state index in [0.29, 0.717) is 25.2 Å². The summed E-state index contributed by atoms with van der Waals surface area (Å²) in [5, 5.41) is 2.97. The number of rotatable bonds is 43. The number of esters is 1. The van der Waals surface area contributed by atoms with E-state index in [-0.39, 0.29) is 11.9 Å². The maximum absolute atomic E-state index is 12.2. The normalized spacial score (nSPS) is 12.3. The van der Waals surface area contributed by atoms with Gasteiger partial charge in [-0.15, -0.1) is 26.3 Å². The van der Waals surface area contributed by atoms with Crippen LogP contribution in [-0.2, 0) is 19.1 Å². The fraction of sp³-hybridized carbons (Fsp3) is 0.786. The number of likely N-dealkylation sites (N-methyl/N-ethyl adjacent to an activating group) is 2. The molecule has 0 unspecified atom stereocenters. The molecule has 1 aliphatic heterocycles. The number of allylic oxidation sites excluding steroid dienone is 4. The van der Waals surface area contributed by atoms with Gasteiger partial charge in [0.1, 0.15) is 32.0 Å². The average Bonchev–Trinajstić information content (AvgIpc) is 3.61. The lowest BCUT2D eigenvalue weighted by Crippen LogP contribution is -2.37. The number of quaternary nitrogens is 1. The molecule has 1 rings (SSSR count). The number of hydrogen-bond donors (Lipinski definition) is 1. The van der Waals surface area contributed by atoms with E-state index in [1.165, 1.54) is 115 Å². The SMILES string of the molecule is C=CCCCCCCCC(=O)CCCN1CC[N+](C)=C1CCCCCCCC=C.C=CCCCCCCCC(=O)NCCCN(C)C.C=CCCCCCCCC(=O)OCC[N+](C)(C)C. The molecule has 0 fully saturated rings. The highest BCUT2D eigenvalue weighted by Gasteiger charge is 2.27. The zero-order valence-corrected chi connectivity index (χ0v) is 43.9. The molecule has 0 aromatic heterocycles. The Labute approximate surface area is 403 Å². The van der Waals surface area contributed by atoms with Crippen LogP contribution in [0.5, 0.6) is 0 Å². The Hall–Kier alpha value is -3.04. The van der Waals surface area contributed by atoms with Crippen LogP contribution in [0.1, 0.15) is 199 Å². The second kappa shape index (κ2) is 47.5. The third-order valence-electron chi connectivity index (χ3n) is 11.8. The maximum atomic E-state index is 12.2. The van der Waals surface area contributed by atoms with Crippen molar-refractivity contribution in [2.75, 3.05) is 88.2 Å². The van der Waals surface area contributed by atoms with Crippen LogP contribution in [0.25, 0.3) is 0 Å². The fourth-order valence-electron chi connectivity index (χ4n) is 7.61. The minimum atomic E-state index is -0.0467. The van der Waals surface area contributed by atoms with Gasteiger partial charge in [0.25, 0.3) is 0 Å². The lowest BCUT2D eigenvalue weighted by Gasteiger charge is -2.23. The van der Waals surface area contributed by atoms with Gasteiger partial charge in [0.05, 0.1) is 34.7 Å². The number of hydrogen-bond acceptors (Lipinski definition) is 6. The molecule has 1 heterocycles. The molecule has 0 atom stereocenters. The molecule has 0 saturated carbocycles. The van der Waals surface area contributed by atoms with Crippen molar-refractivity contribution in [1.29, 1.82) is 0 Å². The largest absolute Gasteiger partial charge is 0.460 e. The highest BCUT2D eigenvalue weighted by molar-refractivity contribution is 5.79. The average molecular weight is 915 g/mol. The highest BCUT2D eigenvalue weighted by Crippen LogP contribution is 2.14. The summed E-state index contributed by atoms with van der Waals surface area (Å²) in [5.74, 6) is 2.13. The maximum Gasteiger partial charge on any atom is 0.305 e. The fourth-order valence-corrected chi connectivity index (χ4v) is 7.61. The first-order valence-electron chi connectivity index (χ1n) is 26.5. The van der Waals surface area contributed by atoms with Crippen LogP contribution in [0.3, 0.4) is 0 Å². The molecular weight excluding hydrogens is 807 g/mol. The Morgan fingerprint density at radius 3 is 1.57 bits per heavy atom. The first-order valence-corrected chi connectivity index (χ1v) is 26.5. The van der Waals surface area contributed by atoms with Crippen molar-refractivity contribution in [3.8, 4) is 0 Å². The Balaban J connectivity index is 0. The van der Waals surface area contributed by atoms with E-state index in [2.05, 4.69) is 74.2 Å². The molecule has 9 heteroatoms. The topological polar surface area (TPSA) is 82.0 Å². The van der Waals surface area contributed by atoms with Gasteiger partial charge in [-0.25, -0.2) is 0 Å². The van der Waals surface area contributed by atoms with Crippen LogP contribution in [0.15, 0.2) is 50.6 Å². The zero-order chi connectivity index (χ0) is 48.7. The van der Waals surface area contributed by atoms with Crippen LogP contribution < -0.4 is 5.32 Å². The Bertz CT molecular complexity index is 1220. The molecule has 0 saturated heterocycles. The van der Waals surface area contributed by atoms with Gasteiger partial charge in [-0.1, -0.05) is 101 Å². The molecule has 0 spiro atoms. The lowest BCUT2D eigenvalue weighted by molar-refractivity contribution is -0.870. The molecule has 0 aromatic carbocycles. The van der Waals surface area contributed by atoms with Gasteiger partial charge in [-0.05, 0) is 111 Å². The van der Waals surface area contributed by atoms with Crippen molar-refractivity contribution in [2.24, 2.45) is 0 Å². The number of unbranched alkanes of at least 4 members (excludes halogenated alkanes) is 20. The molecule has 1 aliphatic rings. The van der Waals surface area contributed by atoms with Crippen LogP contribution in [0.2, 0.25) is 0 Å². The number of Topliss-reactive ketones (excluding diaryl/α,β-unsaturated/α-hetero) is 1. The van der Waals surface area contributed by atoms with Crippen LogP contribution in [-0.4, -0.2) is 131 Å². The number of carbonyl (C=O) groups excluding carboxylic acids is 3. The van der Waals surface area contributed by atoms with Gasteiger partial charge < -0.3 is 19.4 Å². The second-order valence-electron chi connectivity index (χ2n) is 19.6. The Morgan fingerprint density at radius 1 is 0.631 bits per heavy atom. The molecular formula is C56H107N5O4+2. The predicted octanol–water partition coefficient (Wildman–Crippen LogP) is 12.6. The third-order valence-corrected chi connectivity index (χ3v) is 11.8. The summed E-state index contributed by atoms with van der Waals surface area (Å²) < 4.78 is 8.45. The minimum Gasteiger partial charge on any atom is -0.460 e. The molecule has 0 bridgehead atoms. The smallest absolute Gasteiger partial charge is 0.305 e. The van der Waals surface area contributed by atoms with Crippen molar-refractivity contribution < 1.29 is 28.2 Å².